The van der Waals surface area contributed by atoms with Crippen LogP contribution in [0.4, 0.5) is 23.4 Å². The van der Waals surface area contributed by atoms with Gasteiger partial charge in [0.15, 0.2) is 0 Å². The van der Waals surface area contributed by atoms with Crippen molar-refractivity contribution in [2.75, 3.05) is 19.0 Å². The van der Waals surface area contributed by atoms with Crippen molar-refractivity contribution in [2.24, 2.45) is 10.9 Å². The number of aromatic nitrogens is 3. The lowest BCUT2D eigenvalue weighted by atomic mass is 10.1. The molecule has 0 saturated carbocycles. The van der Waals surface area contributed by atoms with Crippen LogP contribution in [-0.4, -0.2) is 40.6 Å². The average Bonchev–Trinajstić information content (AvgIpc) is 2.53. The highest BCUT2D eigenvalue weighted by molar-refractivity contribution is 5.94. The van der Waals surface area contributed by atoms with Crippen LogP contribution in [0, 0.1) is 12.9 Å². The van der Waals surface area contributed by atoms with Crippen LogP contribution in [0.1, 0.15) is 11.5 Å². The van der Waals surface area contributed by atoms with E-state index in [0.29, 0.717) is 0 Å². The number of nitrogens with zero attached hydrogens (tertiary/aromatic N) is 4. The van der Waals surface area contributed by atoms with Crippen molar-refractivity contribution >= 4 is 11.7 Å². The number of nitrogens with one attached hydrogen (secondary N) is 1. The van der Waals surface area contributed by atoms with Crippen molar-refractivity contribution in [2.45, 2.75) is 13.1 Å². The number of rotatable bonds is 5. The second-order valence-corrected chi connectivity index (χ2v) is 4.83. The van der Waals surface area contributed by atoms with Gasteiger partial charge in [-0.1, -0.05) is 5.16 Å². The molecule has 3 N–H and O–H groups in total. The molecule has 0 atom stereocenters. The molecule has 0 spiro atoms. The van der Waals surface area contributed by atoms with Crippen molar-refractivity contribution in [3.05, 3.63) is 35.8 Å². The molecule has 0 aliphatic carbocycles. The molecule has 0 aromatic carbocycles. The summed E-state index contributed by atoms with van der Waals surface area (Å²) in [7, 11) is 1.24. The highest BCUT2D eigenvalue weighted by Crippen LogP contribution is 2.31. The molecule has 0 amide bonds. The predicted molar refractivity (Wildman–Crippen MR) is 82.2 cm³/mol. The van der Waals surface area contributed by atoms with Gasteiger partial charge >= 0.3 is 6.18 Å². The summed E-state index contributed by atoms with van der Waals surface area (Å²) in [6.07, 6.45) is -3.29. The number of hydrogen-bond acceptors (Lipinski definition) is 6. The van der Waals surface area contributed by atoms with Crippen molar-refractivity contribution in [1.82, 2.24) is 15.0 Å². The quantitative estimate of drug-likeness (QED) is 0.280. The van der Waals surface area contributed by atoms with Gasteiger partial charge in [0.1, 0.15) is 19.5 Å². The van der Waals surface area contributed by atoms with Gasteiger partial charge in [-0.2, -0.15) is 17.6 Å². The lowest BCUT2D eigenvalue weighted by Gasteiger charge is -2.16. The summed E-state index contributed by atoms with van der Waals surface area (Å²) in [6.45, 7) is 0.102. The number of anilines is 1. The zero-order chi connectivity index (χ0) is 18.6. The van der Waals surface area contributed by atoms with Gasteiger partial charge in [-0.05, 0) is 19.1 Å². The van der Waals surface area contributed by atoms with Gasteiger partial charge in [0.05, 0.1) is 11.3 Å². The first-order valence-corrected chi connectivity index (χ1v) is 6.90. The van der Waals surface area contributed by atoms with E-state index in [1.165, 1.54) is 32.4 Å². The molecule has 0 fully saturated rings. The summed E-state index contributed by atoms with van der Waals surface area (Å²) in [6, 6.07) is 2.80. The number of amidine groups is 1. The van der Waals surface area contributed by atoms with Crippen molar-refractivity contribution in [3.63, 3.8) is 0 Å². The summed E-state index contributed by atoms with van der Waals surface area (Å²) < 4.78 is 51.7. The maximum atomic E-state index is 14.0. The molecule has 0 bridgehead atoms. The van der Waals surface area contributed by atoms with Crippen LogP contribution in [0.2, 0.25) is 0 Å². The highest BCUT2D eigenvalue weighted by atomic mass is 19.4. The van der Waals surface area contributed by atoms with E-state index >= 15 is 0 Å². The lowest BCUT2D eigenvalue weighted by molar-refractivity contribution is -0.115. The third kappa shape index (κ3) is 4.52. The van der Waals surface area contributed by atoms with Crippen LogP contribution in [0.25, 0.3) is 11.1 Å². The number of oxime groups is 1. The molecular formula is C14H14F4N6O. The Labute approximate surface area is 139 Å². The first kappa shape index (κ1) is 18.4. The van der Waals surface area contributed by atoms with E-state index in [4.69, 9.17) is 5.73 Å². The third-order valence-corrected chi connectivity index (χ3v) is 2.99. The minimum atomic E-state index is -4.50. The van der Waals surface area contributed by atoms with Gasteiger partial charge in [0.2, 0.25) is 17.6 Å². The summed E-state index contributed by atoms with van der Waals surface area (Å²) in [5.41, 5.74) is 5.80. The SMILES string of the molecule is CO/N=C(\N)c1nc(C)c(-c2cccnc2F)c(NCC(F)(F)F)n1. The van der Waals surface area contributed by atoms with Crippen molar-refractivity contribution in [3.8, 4) is 11.1 Å². The molecule has 0 saturated heterocycles. The maximum Gasteiger partial charge on any atom is 0.405 e. The van der Waals surface area contributed by atoms with Crippen LogP contribution in [0.3, 0.4) is 0 Å². The number of pyridine rings is 1. The molecule has 7 nitrogen and oxygen atoms in total. The van der Waals surface area contributed by atoms with Crippen molar-refractivity contribution in [1.29, 1.82) is 0 Å². The molecule has 2 aromatic rings. The molecule has 2 rings (SSSR count). The molecule has 134 valence electrons. The van der Waals surface area contributed by atoms with E-state index in [2.05, 4.69) is 30.3 Å². The molecule has 0 aliphatic rings. The minimum absolute atomic E-state index is 0.0431. The highest BCUT2D eigenvalue weighted by Gasteiger charge is 2.28. The van der Waals surface area contributed by atoms with E-state index < -0.39 is 18.7 Å². The van der Waals surface area contributed by atoms with E-state index in [1.54, 1.807) is 0 Å². The van der Waals surface area contributed by atoms with Crippen LogP contribution < -0.4 is 11.1 Å². The number of nitrogens with two attached hydrogens (primary N) is 1. The average molecular weight is 358 g/mol. The van der Waals surface area contributed by atoms with Crippen molar-refractivity contribution < 1.29 is 22.4 Å². The van der Waals surface area contributed by atoms with E-state index in [1.807, 2.05) is 0 Å². The Kier molecular flexibility index (Phi) is 5.35. The zero-order valence-electron chi connectivity index (χ0n) is 13.2. The predicted octanol–water partition coefficient (Wildman–Crippen LogP) is 2.23. The first-order chi connectivity index (χ1) is 11.7. The number of aryl methyl sites for hydroxylation is 1. The fraction of sp³-hybridized carbons (Fsp3) is 0.286. The molecule has 0 radical (unpaired) electrons. The van der Waals surface area contributed by atoms with Gasteiger partial charge in [-0.3, -0.25) is 0 Å². The smallest absolute Gasteiger partial charge is 0.397 e. The summed E-state index contributed by atoms with van der Waals surface area (Å²) in [4.78, 5) is 16.0. The largest absolute Gasteiger partial charge is 0.405 e. The second kappa shape index (κ2) is 7.28. The number of alkyl halides is 3. The van der Waals surface area contributed by atoms with Crippen LogP contribution in [0.15, 0.2) is 23.5 Å². The molecule has 0 aliphatic heterocycles. The second-order valence-electron chi connectivity index (χ2n) is 4.83. The fourth-order valence-electron chi connectivity index (χ4n) is 2.03. The molecule has 2 aromatic heterocycles. The van der Waals surface area contributed by atoms with Crippen LogP contribution in [-0.2, 0) is 4.84 Å². The fourth-order valence-corrected chi connectivity index (χ4v) is 2.03. The maximum absolute atomic E-state index is 14.0. The number of halogens is 4. The molecular weight excluding hydrogens is 344 g/mol. The van der Waals surface area contributed by atoms with E-state index in [-0.39, 0.29) is 34.3 Å². The molecule has 11 heteroatoms. The zero-order valence-corrected chi connectivity index (χ0v) is 13.2. The Hall–Kier alpha value is -2.98. The van der Waals surface area contributed by atoms with E-state index in [9.17, 15) is 17.6 Å². The molecule has 2 heterocycles. The molecule has 25 heavy (non-hydrogen) atoms. The summed E-state index contributed by atoms with van der Waals surface area (Å²) >= 11 is 0. The Morgan fingerprint density at radius 3 is 2.68 bits per heavy atom. The van der Waals surface area contributed by atoms with Crippen LogP contribution >= 0.6 is 0 Å². The van der Waals surface area contributed by atoms with Gasteiger partial charge in [0, 0.05) is 11.8 Å². The molecule has 0 unspecified atom stereocenters. The normalized spacial score (nSPS) is 12.2. The Bertz CT molecular complexity index is 793. The summed E-state index contributed by atoms with van der Waals surface area (Å²) in [5, 5.41) is 5.57. The standard InChI is InChI=1S/C14H14F4N6O/c1-7-9(8-4-3-5-20-10(8)15)12(21-6-14(16,17)18)23-13(22-7)11(19)24-25-2/h3-5H,6H2,1-2H3,(H2,19,24)(H,21,22,23). The Morgan fingerprint density at radius 1 is 1.36 bits per heavy atom. The monoisotopic (exact) mass is 358 g/mol. The third-order valence-electron chi connectivity index (χ3n) is 2.99. The Morgan fingerprint density at radius 2 is 2.08 bits per heavy atom. The minimum Gasteiger partial charge on any atom is -0.397 e. The van der Waals surface area contributed by atoms with E-state index in [0.717, 1.165) is 0 Å². The Balaban J connectivity index is 2.61. The van der Waals surface area contributed by atoms with Crippen LogP contribution in [0.5, 0.6) is 0 Å². The van der Waals surface area contributed by atoms with Gasteiger partial charge in [-0.15, -0.1) is 0 Å². The first-order valence-electron chi connectivity index (χ1n) is 6.90. The van der Waals surface area contributed by atoms with Gasteiger partial charge in [-0.25, -0.2) is 15.0 Å². The lowest BCUT2D eigenvalue weighted by Crippen LogP contribution is -2.24. The van der Waals surface area contributed by atoms with Gasteiger partial charge < -0.3 is 15.9 Å². The summed E-state index contributed by atoms with van der Waals surface area (Å²) in [5.74, 6) is -1.51. The number of hydrogen-bond donors (Lipinski definition) is 2. The van der Waals surface area contributed by atoms with Gasteiger partial charge in [0.25, 0.3) is 0 Å². The topological polar surface area (TPSA) is 98.3 Å².